The molecule has 8 heteroatoms. The highest BCUT2D eigenvalue weighted by atomic mass is 16.6. The molecule has 160 valence electrons. The number of carbonyl (C=O) groups excluding carboxylic acids is 2. The van der Waals surface area contributed by atoms with Gasteiger partial charge in [-0.15, -0.1) is 0 Å². The van der Waals surface area contributed by atoms with Gasteiger partial charge in [0.05, 0.1) is 19.9 Å². The number of benzene rings is 3. The van der Waals surface area contributed by atoms with Gasteiger partial charge in [0.2, 0.25) is 0 Å². The fourth-order valence-electron chi connectivity index (χ4n) is 2.91. The number of rotatable bonds is 8. The molecular weight excluding hydrogens is 400 g/mol. The maximum Gasteiger partial charge on any atom is 0.344 e. The smallest absolute Gasteiger partial charge is 0.344 e. The summed E-state index contributed by atoms with van der Waals surface area (Å²) in [5.41, 5.74) is 3.31. The second-order valence-electron chi connectivity index (χ2n) is 6.38. The Kier molecular flexibility index (Phi) is 7.05. The van der Waals surface area contributed by atoms with Gasteiger partial charge < -0.3 is 19.3 Å². The maximum atomic E-state index is 12.4. The number of phenolic OH excluding ortho intramolecular Hbond substituents is 1. The third-order valence-corrected chi connectivity index (χ3v) is 4.38. The quantitative estimate of drug-likeness (QED) is 0.328. The van der Waals surface area contributed by atoms with Gasteiger partial charge in [-0.05, 0) is 42.0 Å². The first-order chi connectivity index (χ1) is 15.0. The van der Waals surface area contributed by atoms with Crippen LogP contribution in [0.2, 0.25) is 0 Å². The van der Waals surface area contributed by atoms with E-state index in [2.05, 4.69) is 10.5 Å². The molecule has 0 radical (unpaired) electrons. The monoisotopic (exact) mass is 422 g/mol. The Balaban J connectivity index is 1.83. The number of hydrazone groups is 1. The van der Waals surface area contributed by atoms with Crippen LogP contribution < -0.4 is 14.9 Å². The molecule has 0 heterocycles. The third kappa shape index (κ3) is 5.30. The van der Waals surface area contributed by atoms with Crippen LogP contribution in [0.4, 0.5) is 0 Å². The summed E-state index contributed by atoms with van der Waals surface area (Å²) in [7, 11) is 1.40. The number of nitrogens with one attached hydrogen (secondary N) is 1. The summed E-state index contributed by atoms with van der Waals surface area (Å²) >= 11 is 0. The summed E-state index contributed by atoms with van der Waals surface area (Å²) in [6, 6.07) is 15.4. The Morgan fingerprint density at radius 1 is 1.10 bits per heavy atom. The first-order valence-corrected chi connectivity index (χ1v) is 9.54. The third-order valence-electron chi connectivity index (χ3n) is 4.38. The summed E-state index contributed by atoms with van der Waals surface area (Å²) in [6.07, 6.45) is 1.46. The molecule has 3 aromatic carbocycles. The maximum absolute atomic E-state index is 12.4. The van der Waals surface area contributed by atoms with Gasteiger partial charge in [-0.2, -0.15) is 5.10 Å². The van der Waals surface area contributed by atoms with Gasteiger partial charge >= 0.3 is 5.97 Å². The summed E-state index contributed by atoms with van der Waals surface area (Å²) in [6.45, 7) is 1.74. The number of ether oxygens (including phenoxy) is 3. The van der Waals surface area contributed by atoms with E-state index in [9.17, 15) is 14.7 Å². The van der Waals surface area contributed by atoms with Crippen molar-refractivity contribution in [1.29, 1.82) is 0 Å². The molecule has 0 aliphatic rings. The molecule has 3 aromatic rings. The molecule has 8 nitrogen and oxygen atoms in total. The number of amides is 1. The number of hydrogen-bond donors (Lipinski definition) is 2. The van der Waals surface area contributed by atoms with E-state index in [0.717, 1.165) is 10.8 Å². The molecule has 0 aliphatic carbocycles. The van der Waals surface area contributed by atoms with Crippen LogP contribution in [0.1, 0.15) is 22.8 Å². The van der Waals surface area contributed by atoms with Gasteiger partial charge in [0, 0.05) is 11.1 Å². The zero-order valence-corrected chi connectivity index (χ0v) is 17.1. The van der Waals surface area contributed by atoms with Crippen LogP contribution in [0, 0.1) is 0 Å². The number of aromatic hydroxyl groups is 1. The van der Waals surface area contributed by atoms with Crippen LogP contribution >= 0.6 is 0 Å². The standard InChI is InChI=1S/C23H22N2O6/c1-3-30-22(27)14-31-20-11-9-15-6-4-5-7-17(15)18(20)13-24-25-23(28)16-8-10-19(26)21(12-16)29-2/h4-13,26H,3,14H2,1-2H3,(H,25,28)/b24-13+. The number of phenols is 1. The van der Waals surface area contributed by atoms with Gasteiger partial charge in [-0.25, -0.2) is 10.2 Å². The number of carbonyl (C=O) groups is 2. The predicted octanol–water partition coefficient (Wildman–Crippen LogP) is 3.26. The van der Waals surface area contributed by atoms with Crippen molar-refractivity contribution in [3.8, 4) is 17.2 Å². The SMILES string of the molecule is CCOC(=O)COc1ccc2ccccc2c1/C=N/NC(=O)c1ccc(O)c(OC)c1. The van der Waals surface area contributed by atoms with Crippen molar-refractivity contribution in [3.05, 3.63) is 65.7 Å². The van der Waals surface area contributed by atoms with E-state index in [1.165, 1.54) is 31.5 Å². The topological polar surface area (TPSA) is 106 Å². The minimum atomic E-state index is -0.483. The number of fused-ring (bicyclic) bond motifs is 1. The molecule has 0 unspecified atom stereocenters. The van der Waals surface area contributed by atoms with Crippen molar-refractivity contribution in [2.24, 2.45) is 5.10 Å². The molecular formula is C23H22N2O6. The van der Waals surface area contributed by atoms with E-state index in [1.807, 2.05) is 30.3 Å². The largest absolute Gasteiger partial charge is 0.504 e. The Morgan fingerprint density at radius 2 is 1.90 bits per heavy atom. The molecule has 0 aromatic heterocycles. The van der Waals surface area contributed by atoms with Crippen molar-refractivity contribution >= 4 is 28.9 Å². The highest BCUT2D eigenvalue weighted by molar-refractivity contribution is 6.03. The Labute approximate surface area is 179 Å². The van der Waals surface area contributed by atoms with E-state index >= 15 is 0 Å². The molecule has 0 saturated heterocycles. The lowest BCUT2D eigenvalue weighted by atomic mass is 10.0. The van der Waals surface area contributed by atoms with Crippen LogP contribution in [-0.2, 0) is 9.53 Å². The Morgan fingerprint density at radius 3 is 2.68 bits per heavy atom. The Bertz CT molecular complexity index is 1130. The lowest BCUT2D eigenvalue weighted by Gasteiger charge is -2.11. The first kappa shape index (κ1) is 21.6. The fourth-order valence-corrected chi connectivity index (χ4v) is 2.91. The van der Waals surface area contributed by atoms with Gasteiger partial charge in [-0.3, -0.25) is 4.79 Å². The average Bonchev–Trinajstić information content (AvgIpc) is 2.78. The van der Waals surface area contributed by atoms with Gasteiger partial charge in [0.15, 0.2) is 18.1 Å². The van der Waals surface area contributed by atoms with E-state index in [-0.39, 0.29) is 30.3 Å². The molecule has 0 aliphatic heterocycles. The van der Waals surface area contributed by atoms with E-state index in [1.54, 1.807) is 13.0 Å². The second kappa shape index (κ2) is 10.1. The second-order valence-corrected chi connectivity index (χ2v) is 6.38. The van der Waals surface area contributed by atoms with E-state index < -0.39 is 11.9 Å². The number of nitrogens with zero attached hydrogens (tertiary/aromatic N) is 1. The van der Waals surface area contributed by atoms with Crippen LogP contribution in [0.25, 0.3) is 10.8 Å². The lowest BCUT2D eigenvalue weighted by molar-refractivity contribution is -0.145. The lowest BCUT2D eigenvalue weighted by Crippen LogP contribution is -2.18. The molecule has 2 N–H and O–H groups in total. The highest BCUT2D eigenvalue weighted by Crippen LogP contribution is 2.27. The Hall–Kier alpha value is -4.07. The minimum Gasteiger partial charge on any atom is -0.504 e. The molecule has 3 rings (SSSR count). The highest BCUT2D eigenvalue weighted by Gasteiger charge is 2.12. The van der Waals surface area contributed by atoms with Crippen molar-refractivity contribution < 1.29 is 28.9 Å². The first-order valence-electron chi connectivity index (χ1n) is 9.54. The van der Waals surface area contributed by atoms with Crippen molar-refractivity contribution in [2.45, 2.75) is 6.92 Å². The van der Waals surface area contributed by atoms with Crippen molar-refractivity contribution in [1.82, 2.24) is 5.43 Å². The molecule has 0 saturated carbocycles. The van der Waals surface area contributed by atoms with Crippen molar-refractivity contribution in [2.75, 3.05) is 20.3 Å². The van der Waals surface area contributed by atoms with E-state index in [0.29, 0.717) is 11.3 Å². The van der Waals surface area contributed by atoms with Crippen LogP contribution in [-0.4, -0.2) is 43.5 Å². The number of esters is 1. The fraction of sp³-hybridized carbons (Fsp3) is 0.174. The van der Waals surface area contributed by atoms with E-state index in [4.69, 9.17) is 14.2 Å². The molecule has 1 amide bonds. The molecule has 0 spiro atoms. The molecule has 0 atom stereocenters. The summed E-state index contributed by atoms with van der Waals surface area (Å²) in [5, 5.41) is 15.5. The summed E-state index contributed by atoms with van der Waals surface area (Å²) in [5.74, 6) is -0.421. The number of methoxy groups -OCH3 is 1. The van der Waals surface area contributed by atoms with Crippen LogP contribution in [0.5, 0.6) is 17.2 Å². The number of hydrogen-bond acceptors (Lipinski definition) is 7. The summed E-state index contributed by atoms with van der Waals surface area (Å²) in [4.78, 5) is 24.1. The van der Waals surface area contributed by atoms with Gasteiger partial charge in [-0.1, -0.05) is 30.3 Å². The van der Waals surface area contributed by atoms with Crippen LogP contribution in [0.3, 0.4) is 0 Å². The molecule has 31 heavy (non-hydrogen) atoms. The summed E-state index contributed by atoms with van der Waals surface area (Å²) < 4.78 is 15.5. The van der Waals surface area contributed by atoms with Crippen molar-refractivity contribution in [3.63, 3.8) is 0 Å². The normalized spacial score (nSPS) is 10.8. The predicted molar refractivity (Wildman–Crippen MR) is 116 cm³/mol. The molecule has 0 fully saturated rings. The zero-order valence-electron chi connectivity index (χ0n) is 17.1. The minimum absolute atomic E-state index is 0.0679. The van der Waals surface area contributed by atoms with Crippen LogP contribution in [0.15, 0.2) is 59.7 Å². The zero-order chi connectivity index (χ0) is 22.2. The molecule has 0 bridgehead atoms. The van der Waals surface area contributed by atoms with Gasteiger partial charge in [0.25, 0.3) is 5.91 Å². The average molecular weight is 422 g/mol. The van der Waals surface area contributed by atoms with Gasteiger partial charge in [0.1, 0.15) is 5.75 Å².